The van der Waals surface area contributed by atoms with Gasteiger partial charge in [0, 0.05) is 11.3 Å². The molecule has 150 valence electrons. The van der Waals surface area contributed by atoms with Crippen LogP contribution in [0, 0.1) is 11.3 Å². The monoisotopic (exact) mass is 377 g/mol. The number of fused-ring (bicyclic) bond motifs is 3. The lowest BCUT2D eigenvalue weighted by Crippen LogP contribution is -2.45. The predicted molar refractivity (Wildman–Crippen MR) is 103 cm³/mol. The zero-order valence-electron chi connectivity index (χ0n) is 16.3. The van der Waals surface area contributed by atoms with Crippen molar-refractivity contribution < 1.29 is 24.2 Å². The van der Waals surface area contributed by atoms with Gasteiger partial charge in [0.1, 0.15) is 0 Å². The van der Waals surface area contributed by atoms with E-state index in [4.69, 9.17) is 20.3 Å². The molecule has 6 nitrogen and oxygen atoms in total. The molecule has 0 unspecified atom stereocenters. The third kappa shape index (κ3) is 6.63. The molecule has 4 rings (SSSR count). The summed E-state index contributed by atoms with van der Waals surface area (Å²) in [7, 11) is 0. The van der Waals surface area contributed by atoms with E-state index in [1.165, 1.54) is 25.7 Å². The van der Waals surface area contributed by atoms with Gasteiger partial charge < -0.3 is 20.3 Å². The van der Waals surface area contributed by atoms with Crippen LogP contribution in [0.2, 0.25) is 0 Å². The molecule has 0 atom stereocenters. The molecular weight excluding hydrogens is 346 g/mol. The van der Waals surface area contributed by atoms with Gasteiger partial charge in [-0.2, -0.15) is 0 Å². The molecule has 1 amide bonds. The van der Waals surface area contributed by atoms with Gasteiger partial charge in [0.15, 0.2) is 0 Å². The van der Waals surface area contributed by atoms with Crippen LogP contribution in [0.3, 0.4) is 0 Å². The highest BCUT2D eigenvalue weighted by atomic mass is 16.5. The molecule has 2 saturated heterocycles. The van der Waals surface area contributed by atoms with Crippen LogP contribution >= 0.6 is 0 Å². The Morgan fingerprint density at radius 2 is 1.85 bits per heavy atom. The number of carbonyl (C=O) groups is 2. The van der Waals surface area contributed by atoms with Crippen LogP contribution in [0.1, 0.15) is 55.5 Å². The number of amides is 1. The van der Waals surface area contributed by atoms with Gasteiger partial charge in [-0.25, -0.2) is 4.79 Å². The van der Waals surface area contributed by atoms with Crippen molar-refractivity contribution in [1.82, 2.24) is 0 Å². The van der Waals surface area contributed by atoms with Crippen LogP contribution in [0.25, 0.3) is 0 Å². The van der Waals surface area contributed by atoms with Crippen molar-refractivity contribution >= 4 is 11.9 Å². The molecule has 1 aliphatic carbocycles. The fourth-order valence-electron chi connectivity index (χ4n) is 3.29. The molecule has 6 heteroatoms. The Balaban J connectivity index is 0.000000380. The van der Waals surface area contributed by atoms with Crippen LogP contribution in [-0.2, 0) is 20.7 Å². The summed E-state index contributed by atoms with van der Waals surface area (Å²) in [4.78, 5) is 20.7. The van der Waals surface area contributed by atoms with Gasteiger partial charge >= 0.3 is 5.97 Å². The second-order valence-electron chi connectivity index (χ2n) is 7.87. The lowest BCUT2D eigenvalue weighted by atomic mass is 9.72. The van der Waals surface area contributed by atoms with E-state index < -0.39 is 5.97 Å². The van der Waals surface area contributed by atoms with Crippen molar-refractivity contribution in [1.29, 1.82) is 0 Å². The summed E-state index contributed by atoms with van der Waals surface area (Å²) in [5.41, 5.74) is 6.49. The van der Waals surface area contributed by atoms with E-state index in [-0.39, 0.29) is 17.2 Å². The van der Waals surface area contributed by atoms with Crippen LogP contribution in [0.15, 0.2) is 24.3 Å². The lowest BCUT2D eigenvalue weighted by molar-refractivity contribution is -0.141. The second kappa shape index (κ2) is 9.85. The average molecular weight is 377 g/mol. The number of rotatable bonds is 7. The van der Waals surface area contributed by atoms with Crippen LogP contribution in [-0.4, -0.2) is 42.9 Å². The largest absolute Gasteiger partial charge is 0.478 e. The predicted octanol–water partition coefficient (Wildman–Crippen LogP) is 3.03. The smallest absolute Gasteiger partial charge is 0.335 e. The molecule has 0 aromatic heterocycles. The van der Waals surface area contributed by atoms with Gasteiger partial charge in [-0.15, -0.1) is 0 Å². The number of aromatic carboxylic acids is 1. The first-order valence-corrected chi connectivity index (χ1v) is 9.62. The zero-order valence-corrected chi connectivity index (χ0v) is 16.3. The number of carboxylic acids is 1. The quantitative estimate of drug-likeness (QED) is 0.712. The van der Waals surface area contributed by atoms with Crippen molar-refractivity contribution in [3.8, 4) is 0 Å². The Bertz CT molecular complexity index is 604. The Labute approximate surface area is 161 Å². The van der Waals surface area contributed by atoms with E-state index >= 15 is 0 Å². The number of carbonyl (C=O) groups excluding carboxylic acids is 1. The van der Waals surface area contributed by atoms with Crippen molar-refractivity contribution in [2.75, 3.05) is 19.8 Å². The molecule has 2 bridgehead atoms. The summed E-state index contributed by atoms with van der Waals surface area (Å²) in [5, 5.41) is 8.86. The third-order valence-corrected chi connectivity index (χ3v) is 5.33. The molecule has 2 heterocycles. The third-order valence-electron chi connectivity index (χ3n) is 5.33. The van der Waals surface area contributed by atoms with E-state index in [2.05, 4.69) is 0 Å². The van der Waals surface area contributed by atoms with E-state index in [1.807, 2.05) is 12.1 Å². The van der Waals surface area contributed by atoms with Gasteiger partial charge in [0.2, 0.25) is 5.91 Å². The molecule has 3 N–H and O–H groups in total. The molecule has 3 fully saturated rings. The number of nitrogens with two attached hydrogens (primary N) is 1. The van der Waals surface area contributed by atoms with Crippen molar-refractivity contribution in [2.45, 2.75) is 52.1 Å². The highest BCUT2D eigenvalue weighted by Crippen LogP contribution is 2.43. The summed E-state index contributed by atoms with van der Waals surface area (Å²) in [6.45, 7) is 5.85. The second-order valence-corrected chi connectivity index (χ2v) is 7.87. The van der Waals surface area contributed by atoms with Gasteiger partial charge in [-0.05, 0) is 49.8 Å². The van der Waals surface area contributed by atoms with E-state index in [0.29, 0.717) is 18.3 Å². The van der Waals surface area contributed by atoms with Crippen LogP contribution in [0.4, 0.5) is 0 Å². The van der Waals surface area contributed by atoms with Crippen LogP contribution < -0.4 is 5.73 Å². The fraction of sp³-hybridized carbons (Fsp3) is 0.619. The van der Waals surface area contributed by atoms with Crippen molar-refractivity contribution in [2.24, 2.45) is 17.1 Å². The SMILES string of the molecule is CC(C)C(N)=O.O=C(O)c1ccc(CCOCC23CCC(CC2)OC3)cc1. The number of hydrogen-bond acceptors (Lipinski definition) is 4. The van der Waals surface area contributed by atoms with Gasteiger partial charge in [-0.3, -0.25) is 4.79 Å². The molecule has 1 aromatic rings. The first kappa shape index (κ1) is 21.4. The molecule has 27 heavy (non-hydrogen) atoms. The Morgan fingerprint density at radius 3 is 2.30 bits per heavy atom. The first-order chi connectivity index (χ1) is 12.8. The minimum Gasteiger partial charge on any atom is -0.478 e. The number of benzene rings is 1. The maximum atomic E-state index is 10.8. The fourth-order valence-corrected chi connectivity index (χ4v) is 3.29. The number of carboxylic acid groups (broad SMARTS) is 1. The van der Waals surface area contributed by atoms with E-state index in [9.17, 15) is 9.59 Å². The highest BCUT2D eigenvalue weighted by molar-refractivity contribution is 5.87. The van der Waals surface area contributed by atoms with E-state index in [1.54, 1.807) is 26.0 Å². The lowest BCUT2D eigenvalue weighted by Gasteiger charge is -2.46. The molecule has 3 aliphatic rings. The molecule has 1 saturated carbocycles. The normalized spacial score (nSPS) is 23.6. The average Bonchev–Trinajstić information content (AvgIpc) is 2.67. The van der Waals surface area contributed by atoms with Crippen molar-refractivity contribution in [3.63, 3.8) is 0 Å². The van der Waals surface area contributed by atoms with E-state index in [0.717, 1.165) is 25.2 Å². The van der Waals surface area contributed by atoms with Crippen LogP contribution in [0.5, 0.6) is 0 Å². The number of hydrogen-bond donors (Lipinski definition) is 2. The topological polar surface area (TPSA) is 98.9 Å². The standard InChI is InChI=1S/C17H22O4.C4H9NO/c18-16(19)14-3-1-13(2-4-14)7-10-20-11-17-8-5-15(6-9-17)21-12-17;1-3(2)4(5)6/h1-4,15H,5-12H2,(H,18,19);3H,1-2H3,(H2,5,6). The summed E-state index contributed by atoms with van der Waals surface area (Å²) in [5.74, 6) is -1.13. The minimum atomic E-state index is -0.884. The summed E-state index contributed by atoms with van der Waals surface area (Å²) < 4.78 is 11.7. The highest BCUT2D eigenvalue weighted by Gasteiger charge is 2.41. The van der Waals surface area contributed by atoms with Gasteiger partial charge in [-0.1, -0.05) is 26.0 Å². The number of ether oxygens (including phenoxy) is 2. The summed E-state index contributed by atoms with van der Waals surface area (Å²) in [6, 6.07) is 7.01. The minimum absolute atomic E-state index is 0.00926. The Hall–Kier alpha value is -1.92. The maximum absolute atomic E-state index is 10.8. The number of primary amides is 1. The van der Waals surface area contributed by atoms with Gasteiger partial charge in [0.25, 0.3) is 0 Å². The van der Waals surface area contributed by atoms with Gasteiger partial charge in [0.05, 0.1) is 31.5 Å². The summed E-state index contributed by atoms with van der Waals surface area (Å²) in [6.07, 6.45) is 6.13. The first-order valence-electron chi connectivity index (χ1n) is 9.62. The summed E-state index contributed by atoms with van der Waals surface area (Å²) >= 11 is 0. The maximum Gasteiger partial charge on any atom is 0.335 e. The molecule has 2 aliphatic heterocycles. The Morgan fingerprint density at radius 1 is 1.26 bits per heavy atom. The molecular formula is C21H31NO5. The molecule has 1 aromatic carbocycles. The molecule has 0 radical (unpaired) electrons. The zero-order chi connectivity index (χ0) is 19.9. The molecule has 0 spiro atoms. The van der Waals surface area contributed by atoms with Crippen molar-refractivity contribution in [3.05, 3.63) is 35.4 Å². The Kier molecular flexibility index (Phi) is 7.80.